The van der Waals surface area contributed by atoms with Crippen molar-refractivity contribution in [3.8, 4) is 0 Å². The van der Waals surface area contributed by atoms with E-state index in [1.165, 1.54) is 11.6 Å². The summed E-state index contributed by atoms with van der Waals surface area (Å²) in [6.45, 7) is 3.44. The number of nitrogens with one attached hydrogen (secondary N) is 1. The van der Waals surface area contributed by atoms with Gasteiger partial charge in [-0.05, 0) is 52.2 Å². The number of pyridine rings is 1. The van der Waals surface area contributed by atoms with E-state index in [4.69, 9.17) is 0 Å². The van der Waals surface area contributed by atoms with Crippen LogP contribution < -0.4 is 5.32 Å². The minimum atomic E-state index is -0.237. The van der Waals surface area contributed by atoms with Crippen LogP contribution in [0.3, 0.4) is 0 Å². The van der Waals surface area contributed by atoms with Gasteiger partial charge in [0.15, 0.2) is 0 Å². The lowest BCUT2D eigenvalue weighted by molar-refractivity contribution is 0.617. The molecule has 0 spiro atoms. The molecule has 4 heteroatoms. The lowest BCUT2D eigenvalue weighted by atomic mass is 10.2. The molecule has 0 fully saturated rings. The molecule has 0 atom stereocenters. The van der Waals surface area contributed by atoms with E-state index >= 15 is 0 Å². The van der Waals surface area contributed by atoms with Crippen molar-refractivity contribution in [2.75, 3.05) is 0 Å². The quantitative estimate of drug-likeness (QED) is 0.934. The molecule has 0 amide bonds. The van der Waals surface area contributed by atoms with Crippen LogP contribution in [0.25, 0.3) is 0 Å². The number of halogens is 2. The molecule has 0 aliphatic heterocycles. The third kappa shape index (κ3) is 3.37. The van der Waals surface area contributed by atoms with Gasteiger partial charge in [-0.3, -0.25) is 4.98 Å². The van der Waals surface area contributed by atoms with Crippen LogP contribution in [-0.2, 0) is 13.1 Å². The summed E-state index contributed by atoms with van der Waals surface area (Å²) in [6, 6.07) is 8.99. The Morgan fingerprint density at radius 2 is 2.11 bits per heavy atom. The van der Waals surface area contributed by atoms with Gasteiger partial charge in [-0.1, -0.05) is 12.1 Å². The molecule has 1 aromatic heterocycles. The molecule has 18 heavy (non-hydrogen) atoms. The van der Waals surface area contributed by atoms with Crippen LogP contribution in [0.15, 0.2) is 41.0 Å². The second kappa shape index (κ2) is 6.07. The van der Waals surface area contributed by atoms with E-state index in [1.807, 2.05) is 19.1 Å². The van der Waals surface area contributed by atoms with Crippen molar-refractivity contribution in [1.82, 2.24) is 10.3 Å². The average Bonchev–Trinajstić information content (AvgIpc) is 2.36. The normalized spacial score (nSPS) is 10.6. The summed E-state index contributed by atoms with van der Waals surface area (Å²) >= 11 is 3.18. The maximum Gasteiger partial charge on any atom is 0.137 e. The molecule has 0 saturated heterocycles. The van der Waals surface area contributed by atoms with Crippen molar-refractivity contribution >= 4 is 15.9 Å². The molecule has 0 bridgehead atoms. The Hall–Kier alpha value is -1.26. The van der Waals surface area contributed by atoms with E-state index in [0.717, 1.165) is 11.3 Å². The van der Waals surface area contributed by atoms with E-state index < -0.39 is 0 Å². The highest BCUT2D eigenvalue weighted by molar-refractivity contribution is 9.10. The zero-order valence-electron chi connectivity index (χ0n) is 10.1. The van der Waals surface area contributed by atoms with Crippen LogP contribution >= 0.6 is 15.9 Å². The van der Waals surface area contributed by atoms with Crippen molar-refractivity contribution in [3.63, 3.8) is 0 Å². The fourth-order valence-electron chi connectivity index (χ4n) is 1.68. The fourth-order valence-corrected chi connectivity index (χ4v) is 2.10. The minimum Gasteiger partial charge on any atom is -0.307 e. The molecule has 0 saturated carbocycles. The number of nitrogens with zero attached hydrogens (tertiary/aromatic N) is 1. The average molecular weight is 309 g/mol. The molecule has 0 aliphatic carbocycles. The summed E-state index contributed by atoms with van der Waals surface area (Å²) in [7, 11) is 0. The lowest BCUT2D eigenvalue weighted by Crippen LogP contribution is -2.14. The molecule has 1 heterocycles. The molecule has 1 N–H and O–H groups in total. The van der Waals surface area contributed by atoms with E-state index in [1.54, 1.807) is 18.3 Å². The SMILES string of the molecule is Cc1cccnc1CNCc1ccc(F)c(Br)c1. The Bertz CT molecular complexity index is 543. The largest absolute Gasteiger partial charge is 0.307 e. The number of hydrogen-bond acceptors (Lipinski definition) is 2. The molecule has 1 aromatic carbocycles. The van der Waals surface area contributed by atoms with Gasteiger partial charge in [0.05, 0.1) is 10.2 Å². The van der Waals surface area contributed by atoms with Crippen molar-refractivity contribution in [2.24, 2.45) is 0 Å². The van der Waals surface area contributed by atoms with E-state index in [9.17, 15) is 4.39 Å². The third-order valence-electron chi connectivity index (χ3n) is 2.72. The highest BCUT2D eigenvalue weighted by Gasteiger charge is 2.01. The lowest BCUT2D eigenvalue weighted by Gasteiger charge is -2.07. The number of hydrogen-bond donors (Lipinski definition) is 1. The van der Waals surface area contributed by atoms with E-state index in [-0.39, 0.29) is 5.82 Å². The Kier molecular flexibility index (Phi) is 4.44. The van der Waals surface area contributed by atoms with Gasteiger partial charge in [0, 0.05) is 19.3 Å². The molecule has 2 nitrogen and oxygen atoms in total. The monoisotopic (exact) mass is 308 g/mol. The summed E-state index contributed by atoms with van der Waals surface area (Å²) in [5, 5.41) is 3.30. The molecule has 0 radical (unpaired) electrons. The smallest absolute Gasteiger partial charge is 0.137 e. The summed E-state index contributed by atoms with van der Waals surface area (Å²) in [5.41, 5.74) is 3.25. The highest BCUT2D eigenvalue weighted by Crippen LogP contribution is 2.16. The first-order chi connectivity index (χ1) is 8.66. The third-order valence-corrected chi connectivity index (χ3v) is 3.33. The van der Waals surface area contributed by atoms with E-state index in [2.05, 4.69) is 26.2 Å². The Labute approximate surface area is 114 Å². The van der Waals surface area contributed by atoms with Crippen LogP contribution in [0.1, 0.15) is 16.8 Å². The zero-order valence-corrected chi connectivity index (χ0v) is 11.7. The first-order valence-corrected chi connectivity index (χ1v) is 6.51. The molecule has 2 aromatic rings. The first kappa shape index (κ1) is 13.2. The van der Waals surface area contributed by atoms with Crippen molar-refractivity contribution < 1.29 is 4.39 Å². The van der Waals surface area contributed by atoms with E-state index in [0.29, 0.717) is 17.6 Å². The summed E-state index contributed by atoms with van der Waals surface area (Å²) in [5.74, 6) is -0.237. The molecular formula is C14H14BrFN2. The zero-order chi connectivity index (χ0) is 13.0. The Morgan fingerprint density at radius 3 is 2.83 bits per heavy atom. The van der Waals surface area contributed by atoms with Crippen LogP contribution in [0.4, 0.5) is 4.39 Å². The Morgan fingerprint density at radius 1 is 1.28 bits per heavy atom. The number of aromatic nitrogens is 1. The summed E-state index contributed by atoms with van der Waals surface area (Å²) in [4.78, 5) is 4.31. The van der Waals surface area contributed by atoms with Gasteiger partial charge in [-0.2, -0.15) is 0 Å². The second-order valence-corrected chi connectivity index (χ2v) is 4.97. The number of rotatable bonds is 4. The van der Waals surface area contributed by atoms with Crippen molar-refractivity contribution in [1.29, 1.82) is 0 Å². The molecule has 0 aliphatic rings. The van der Waals surface area contributed by atoms with Gasteiger partial charge in [-0.15, -0.1) is 0 Å². The molecular weight excluding hydrogens is 295 g/mol. The van der Waals surface area contributed by atoms with Gasteiger partial charge in [-0.25, -0.2) is 4.39 Å². The highest BCUT2D eigenvalue weighted by atomic mass is 79.9. The number of aryl methyl sites for hydroxylation is 1. The first-order valence-electron chi connectivity index (χ1n) is 5.72. The summed E-state index contributed by atoms with van der Waals surface area (Å²) in [6.07, 6.45) is 1.79. The van der Waals surface area contributed by atoms with Crippen LogP contribution in [-0.4, -0.2) is 4.98 Å². The predicted molar refractivity (Wildman–Crippen MR) is 73.6 cm³/mol. The van der Waals surface area contributed by atoms with Crippen molar-refractivity contribution in [2.45, 2.75) is 20.0 Å². The topological polar surface area (TPSA) is 24.9 Å². The van der Waals surface area contributed by atoms with Crippen LogP contribution in [0.2, 0.25) is 0 Å². The summed E-state index contributed by atoms with van der Waals surface area (Å²) < 4.78 is 13.6. The molecule has 0 unspecified atom stereocenters. The van der Waals surface area contributed by atoms with Gasteiger partial charge in [0.2, 0.25) is 0 Å². The molecule has 94 valence electrons. The maximum atomic E-state index is 13.1. The fraction of sp³-hybridized carbons (Fsp3) is 0.214. The van der Waals surface area contributed by atoms with Gasteiger partial charge in [0.25, 0.3) is 0 Å². The van der Waals surface area contributed by atoms with Gasteiger partial charge < -0.3 is 5.32 Å². The second-order valence-electron chi connectivity index (χ2n) is 4.12. The van der Waals surface area contributed by atoms with Gasteiger partial charge >= 0.3 is 0 Å². The van der Waals surface area contributed by atoms with Crippen LogP contribution in [0.5, 0.6) is 0 Å². The minimum absolute atomic E-state index is 0.237. The predicted octanol–water partition coefficient (Wildman–Crippen LogP) is 3.58. The number of benzene rings is 1. The Balaban J connectivity index is 1.92. The van der Waals surface area contributed by atoms with Gasteiger partial charge in [0.1, 0.15) is 5.82 Å². The molecule has 2 rings (SSSR count). The maximum absolute atomic E-state index is 13.1. The van der Waals surface area contributed by atoms with Crippen molar-refractivity contribution in [3.05, 3.63) is 63.6 Å². The standard InChI is InChI=1S/C14H14BrFN2/c1-10-3-2-6-18-14(10)9-17-8-11-4-5-13(16)12(15)7-11/h2-7,17H,8-9H2,1H3. The van der Waals surface area contributed by atoms with Crippen LogP contribution in [0, 0.1) is 12.7 Å².